The second-order valence-electron chi connectivity index (χ2n) is 6.42. The zero-order chi connectivity index (χ0) is 16.4. The molecule has 0 spiro atoms. The molecular formula is C18H25N3O2. The number of H-pyrrole nitrogens is 1. The van der Waals surface area contributed by atoms with Gasteiger partial charge in [0.2, 0.25) is 0 Å². The van der Waals surface area contributed by atoms with Crippen molar-refractivity contribution in [2.24, 2.45) is 5.73 Å². The molecular weight excluding hydrogens is 290 g/mol. The van der Waals surface area contributed by atoms with Crippen LogP contribution in [0.3, 0.4) is 0 Å². The van der Waals surface area contributed by atoms with E-state index in [1.807, 2.05) is 25.1 Å². The van der Waals surface area contributed by atoms with E-state index in [9.17, 15) is 4.79 Å². The van der Waals surface area contributed by atoms with Gasteiger partial charge in [0.15, 0.2) is 0 Å². The third-order valence-corrected chi connectivity index (χ3v) is 4.80. The molecule has 124 valence electrons. The Kier molecular flexibility index (Phi) is 4.68. The normalized spacial score (nSPS) is 16.8. The van der Waals surface area contributed by atoms with Gasteiger partial charge in [-0.15, -0.1) is 0 Å². The highest BCUT2D eigenvalue weighted by atomic mass is 16.5. The first-order chi connectivity index (χ1) is 11.1. The van der Waals surface area contributed by atoms with Crippen molar-refractivity contribution in [1.29, 1.82) is 0 Å². The van der Waals surface area contributed by atoms with Crippen LogP contribution in [0.4, 0.5) is 0 Å². The number of aryl methyl sites for hydroxylation is 1. The van der Waals surface area contributed by atoms with Gasteiger partial charge in [-0.25, -0.2) is 0 Å². The molecule has 1 aromatic carbocycles. The van der Waals surface area contributed by atoms with Crippen molar-refractivity contribution in [3.05, 3.63) is 39.7 Å². The minimum atomic E-state index is -0.0315. The van der Waals surface area contributed by atoms with Crippen molar-refractivity contribution in [3.63, 3.8) is 0 Å². The number of piperidine rings is 1. The molecule has 2 heterocycles. The highest BCUT2D eigenvalue weighted by Gasteiger charge is 2.17. The standard InChI is InChI=1S/C18H25N3O2/c1-12-11-13-3-4-16(23-2)15(17(13)20-18(12)22)7-10-21-8-5-14(19)6-9-21/h3-4,11,14H,5-10,19H2,1-2H3,(H,20,22). The highest BCUT2D eigenvalue weighted by molar-refractivity contribution is 5.84. The van der Waals surface area contributed by atoms with Gasteiger partial charge in [0, 0.05) is 23.7 Å². The quantitative estimate of drug-likeness (QED) is 0.903. The maximum atomic E-state index is 12.0. The number of hydrogen-bond acceptors (Lipinski definition) is 4. The lowest BCUT2D eigenvalue weighted by Crippen LogP contribution is -2.40. The van der Waals surface area contributed by atoms with E-state index in [-0.39, 0.29) is 5.56 Å². The SMILES string of the molecule is COc1ccc2cc(C)c(=O)[nH]c2c1CCN1CCC(N)CC1. The fourth-order valence-electron chi connectivity index (χ4n) is 3.31. The van der Waals surface area contributed by atoms with Crippen LogP contribution in [-0.4, -0.2) is 42.7 Å². The van der Waals surface area contributed by atoms with E-state index in [1.165, 1.54) is 0 Å². The fraction of sp³-hybridized carbons (Fsp3) is 0.500. The lowest BCUT2D eigenvalue weighted by Gasteiger charge is -2.30. The Morgan fingerprint density at radius 2 is 2.09 bits per heavy atom. The highest BCUT2D eigenvalue weighted by Crippen LogP contribution is 2.27. The van der Waals surface area contributed by atoms with Crippen molar-refractivity contribution < 1.29 is 4.74 Å². The number of aromatic amines is 1. The first kappa shape index (κ1) is 16.0. The van der Waals surface area contributed by atoms with Crippen LogP contribution in [0.2, 0.25) is 0 Å². The molecule has 1 aromatic heterocycles. The summed E-state index contributed by atoms with van der Waals surface area (Å²) < 4.78 is 5.52. The van der Waals surface area contributed by atoms with E-state index < -0.39 is 0 Å². The van der Waals surface area contributed by atoms with E-state index in [0.717, 1.165) is 66.7 Å². The number of fused-ring (bicyclic) bond motifs is 1. The maximum Gasteiger partial charge on any atom is 0.251 e. The smallest absolute Gasteiger partial charge is 0.251 e. The molecule has 1 aliphatic heterocycles. The average Bonchev–Trinajstić information content (AvgIpc) is 2.55. The largest absolute Gasteiger partial charge is 0.496 e. The predicted molar refractivity (Wildman–Crippen MR) is 93.2 cm³/mol. The van der Waals surface area contributed by atoms with Crippen molar-refractivity contribution >= 4 is 10.9 Å². The summed E-state index contributed by atoms with van der Waals surface area (Å²) in [4.78, 5) is 17.5. The number of rotatable bonds is 4. The summed E-state index contributed by atoms with van der Waals surface area (Å²) in [6, 6.07) is 6.27. The molecule has 0 amide bonds. The molecule has 1 fully saturated rings. The van der Waals surface area contributed by atoms with Gasteiger partial charge in [-0.3, -0.25) is 4.79 Å². The van der Waals surface area contributed by atoms with Gasteiger partial charge < -0.3 is 20.4 Å². The van der Waals surface area contributed by atoms with E-state index in [4.69, 9.17) is 10.5 Å². The van der Waals surface area contributed by atoms with Gasteiger partial charge in [-0.2, -0.15) is 0 Å². The number of nitrogens with zero attached hydrogens (tertiary/aromatic N) is 1. The second kappa shape index (κ2) is 6.72. The predicted octanol–water partition coefficient (Wildman–Crippen LogP) is 1.81. The second-order valence-corrected chi connectivity index (χ2v) is 6.42. The van der Waals surface area contributed by atoms with Gasteiger partial charge in [0.05, 0.1) is 12.6 Å². The molecule has 1 aliphatic rings. The van der Waals surface area contributed by atoms with E-state index in [2.05, 4.69) is 9.88 Å². The number of aromatic nitrogens is 1. The van der Waals surface area contributed by atoms with Crippen molar-refractivity contribution in [1.82, 2.24) is 9.88 Å². The number of nitrogens with two attached hydrogens (primary N) is 1. The van der Waals surface area contributed by atoms with Gasteiger partial charge >= 0.3 is 0 Å². The molecule has 23 heavy (non-hydrogen) atoms. The lowest BCUT2D eigenvalue weighted by molar-refractivity contribution is 0.215. The molecule has 1 saturated heterocycles. The van der Waals surface area contributed by atoms with Crippen LogP contribution >= 0.6 is 0 Å². The van der Waals surface area contributed by atoms with Crippen LogP contribution in [0, 0.1) is 6.92 Å². The average molecular weight is 315 g/mol. The summed E-state index contributed by atoms with van der Waals surface area (Å²) in [5.41, 5.74) is 8.65. The Balaban J connectivity index is 1.88. The number of benzene rings is 1. The Hall–Kier alpha value is -1.85. The van der Waals surface area contributed by atoms with Crippen LogP contribution in [-0.2, 0) is 6.42 Å². The van der Waals surface area contributed by atoms with Crippen molar-refractivity contribution in [2.75, 3.05) is 26.7 Å². The van der Waals surface area contributed by atoms with E-state index >= 15 is 0 Å². The number of methoxy groups -OCH3 is 1. The minimum absolute atomic E-state index is 0.0315. The van der Waals surface area contributed by atoms with Crippen molar-refractivity contribution in [2.45, 2.75) is 32.2 Å². The number of hydrogen-bond donors (Lipinski definition) is 2. The summed E-state index contributed by atoms with van der Waals surface area (Å²) in [6.07, 6.45) is 2.97. The molecule has 0 bridgehead atoms. The van der Waals surface area contributed by atoms with Gasteiger partial charge in [-0.05, 0) is 62.9 Å². The molecule has 0 unspecified atom stereocenters. The van der Waals surface area contributed by atoms with E-state index in [0.29, 0.717) is 6.04 Å². The summed E-state index contributed by atoms with van der Waals surface area (Å²) >= 11 is 0. The summed E-state index contributed by atoms with van der Waals surface area (Å²) in [5, 5.41) is 1.05. The first-order valence-corrected chi connectivity index (χ1v) is 8.26. The summed E-state index contributed by atoms with van der Waals surface area (Å²) in [7, 11) is 1.68. The molecule has 0 saturated carbocycles. The zero-order valence-electron chi connectivity index (χ0n) is 13.9. The monoisotopic (exact) mass is 315 g/mol. The van der Waals surface area contributed by atoms with Crippen LogP contribution in [0.15, 0.2) is 23.0 Å². The third-order valence-electron chi connectivity index (χ3n) is 4.80. The molecule has 5 heteroatoms. The van der Waals surface area contributed by atoms with Gasteiger partial charge in [0.25, 0.3) is 5.56 Å². The topological polar surface area (TPSA) is 71.4 Å². The van der Waals surface area contributed by atoms with Crippen LogP contribution < -0.4 is 16.0 Å². The number of pyridine rings is 1. The number of likely N-dealkylation sites (tertiary alicyclic amines) is 1. The summed E-state index contributed by atoms with van der Waals surface area (Å²) in [6.45, 7) is 4.88. The van der Waals surface area contributed by atoms with Crippen LogP contribution in [0.5, 0.6) is 5.75 Å². The van der Waals surface area contributed by atoms with E-state index in [1.54, 1.807) is 7.11 Å². The Morgan fingerprint density at radius 3 is 2.78 bits per heavy atom. The first-order valence-electron chi connectivity index (χ1n) is 8.26. The third kappa shape index (κ3) is 3.41. The molecule has 0 radical (unpaired) electrons. The summed E-state index contributed by atoms with van der Waals surface area (Å²) in [5.74, 6) is 0.839. The number of ether oxygens (including phenoxy) is 1. The maximum absolute atomic E-state index is 12.0. The molecule has 2 aromatic rings. The fourth-order valence-corrected chi connectivity index (χ4v) is 3.31. The zero-order valence-corrected chi connectivity index (χ0v) is 13.9. The van der Waals surface area contributed by atoms with Gasteiger partial charge in [0.1, 0.15) is 5.75 Å². The lowest BCUT2D eigenvalue weighted by atomic mass is 10.0. The Labute approximate surface area is 136 Å². The van der Waals surface area contributed by atoms with Gasteiger partial charge in [-0.1, -0.05) is 0 Å². The molecule has 0 atom stereocenters. The molecule has 5 nitrogen and oxygen atoms in total. The molecule has 0 aliphatic carbocycles. The Morgan fingerprint density at radius 1 is 1.35 bits per heavy atom. The van der Waals surface area contributed by atoms with Crippen LogP contribution in [0.25, 0.3) is 10.9 Å². The number of nitrogens with one attached hydrogen (secondary N) is 1. The minimum Gasteiger partial charge on any atom is -0.496 e. The van der Waals surface area contributed by atoms with Crippen molar-refractivity contribution in [3.8, 4) is 5.75 Å². The van der Waals surface area contributed by atoms with Crippen LogP contribution in [0.1, 0.15) is 24.0 Å². The molecule has 3 rings (SSSR count). The Bertz CT molecular complexity index is 746. The molecule has 3 N–H and O–H groups in total.